The van der Waals surface area contributed by atoms with Gasteiger partial charge in [0.2, 0.25) is 0 Å². The van der Waals surface area contributed by atoms with Gasteiger partial charge in [0.1, 0.15) is 18.6 Å². The minimum absolute atomic E-state index is 0.144. The van der Waals surface area contributed by atoms with Crippen LogP contribution in [0.25, 0.3) is 0 Å². The lowest BCUT2D eigenvalue weighted by Crippen LogP contribution is -2.32. The second kappa shape index (κ2) is 12.7. The molecule has 0 unspecified atom stereocenters. The Bertz CT molecular complexity index is 730. The second-order valence-electron chi connectivity index (χ2n) is 6.72. The van der Waals surface area contributed by atoms with Crippen LogP contribution < -0.4 is 15.4 Å². The lowest BCUT2D eigenvalue weighted by atomic mass is 10.3. The molecule has 0 saturated carbocycles. The molecule has 9 heteroatoms. The number of guanidine groups is 1. The van der Waals surface area contributed by atoms with E-state index >= 15 is 0 Å². The van der Waals surface area contributed by atoms with Gasteiger partial charge in [0.15, 0.2) is 11.8 Å². The third-order valence-electron chi connectivity index (χ3n) is 3.86. The largest absolute Gasteiger partial charge is 0.491 e. The number of aliphatic imine (C=N–C) groups is 1. The van der Waals surface area contributed by atoms with Gasteiger partial charge in [0, 0.05) is 33.0 Å². The molecular formula is C20H32N6O3. The Morgan fingerprint density at radius 3 is 2.62 bits per heavy atom. The van der Waals surface area contributed by atoms with Crippen molar-refractivity contribution >= 4 is 11.6 Å². The molecule has 0 saturated heterocycles. The van der Waals surface area contributed by atoms with E-state index < -0.39 is 0 Å². The SMILES string of the molecule is COCCOCCCNC(=NCc1nncn1C)Nc1ccc(OC(C)C)cc1. The summed E-state index contributed by atoms with van der Waals surface area (Å²) in [5.74, 6) is 2.29. The van der Waals surface area contributed by atoms with Gasteiger partial charge in [-0.25, -0.2) is 4.99 Å². The van der Waals surface area contributed by atoms with Gasteiger partial charge in [-0.05, 0) is 44.5 Å². The zero-order chi connectivity index (χ0) is 20.9. The Morgan fingerprint density at radius 2 is 1.97 bits per heavy atom. The average molecular weight is 405 g/mol. The molecule has 2 aromatic rings. The van der Waals surface area contributed by atoms with Crippen molar-refractivity contribution in [1.82, 2.24) is 20.1 Å². The highest BCUT2D eigenvalue weighted by molar-refractivity contribution is 5.93. The minimum Gasteiger partial charge on any atom is -0.491 e. The van der Waals surface area contributed by atoms with Crippen LogP contribution in [0.1, 0.15) is 26.1 Å². The summed E-state index contributed by atoms with van der Waals surface area (Å²) in [5.41, 5.74) is 0.918. The van der Waals surface area contributed by atoms with Crippen LogP contribution in [0.15, 0.2) is 35.6 Å². The van der Waals surface area contributed by atoms with Crippen LogP contribution in [0.5, 0.6) is 5.75 Å². The van der Waals surface area contributed by atoms with Gasteiger partial charge in [-0.2, -0.15) is 0 Å². The summed E-state index contributed by atoms with van der Waals surface area (Å²) in [5, 5.41) is 14.6. The average Bonchev–Trinajstić information content (AvgIpc) is 3.11. The van der Waals surface area contributed by atoms with Crippen LogP contribution in [-0.4, -0.2) is 60.3 Å². The maximum atomic E-state index is 5.69. The van der Waals surface area contributed by atoms with Crippen molar-refractivity contribution in [3.63, 3.8) is 0 Å². The first kappa shape index (κ1) is 22.6. The number of hydrogen-bond acceptors (Lipinski definition) is 6. The van der Waals surface area contributed by atoms with E-state index in [0.29, 0.717) is 32.3 Å². The molecule has 0 fully saturated rings. The molecule has 2 rings (SSSR count). The second-order valence-corrected chi connectivity index (χ2v) is 6.72. The van der Waals surface area contributed by atoms with Crippen molar-refractivity contribution in [1.29, 1.82) is 0 Å². The Labute approximate surface area is 172 Å². The molecular weight excluding hydrogens is 372 g/mol. The number of aromatic nitrogens is 3. The highest BCUT2D eigenvalue weighted by Gasteiger charge is 2.04. The molecule has 1 aromatic carbocycles. The Hall–Kier alpha value is -2.65. The Kier molecular flexibility index (Phi) is 9.94. The minimum atomic E-state index is 0.144. The quantitative estimate of drug-likeness (QED) is 0.318. The highest BCUT2D eigenvalue weighted by Crippen LogP contribution is 2.16. The molecule has 1 heterocycles. The normalized spacial score (nSPS) is 11.7. The van der Waals surface area contributed by atoms with Crippen LogP contribution >= 0.6 is 0 Å². The number of rotatable bonds is 12. The van der Waals surface area contributed by atoms with Gasteiger partial charge in [-0.15, -0.1) is 10.2 Å². The smallest absolute Gasteiger partial charge is 0.196 e. The summed E-state index contributed by atoms with van der Waals surface area (Å²) in [6.07, 6.45) is 2.66. The van der Waals surface area contributed by atoms with Gasteiger partial charge >= 0.3 is 0 Å². The molecule has 0 atom stereocenters. The number of nitrogens with one attached hydrogen (secondary N) is 2. The molecule has 0 bridgehead atoms. The zero-order valence-electron chi connectivity index (χ0n) is 17.7. The maximum absolute atomic E-state index is 5.69. The van der Waals surface area contributed by atoms with Crippen molar-refractivity contribution < 1.29 is 14.2 Å². The first-order valence-electron chi connectivity index (χ1n) is 9.80. The lowest BCUT2D eigenvalue weighted by molar-refractivity contribution is 0.0699. The van der Waals surface area contributed by atoms with Crippen LogP contribution in [0.2, 0.25) is 0 Å². The van der Waals surface area contributed by atoms with Gasteiger partial charge in [-0.3, -0.25) is 0 Å². The van der Waals surface area contributed by atoms with Crippen molar-refractivity contribution in [3.8, 4) is 5.75 Å². The Morgan fingerprint density at radius 1 is 1.17 bits per heavy atom. The highest BCUT2D eigenvalue weighted by atomic mass is 16.5. The standard InChI is InChI=1S/C20H32N6O3/c1-16(2)29-18-8-6-17(7-9-18)24-20(21-10-5-11-28-13-12-27-4)22-14-19-25-23-15-26(19)3/h6-9,15-16H,5,10-14H2,1-4H3,(H2,21,22,24). The first-order chi connectivity index (χ1) is 14.1. The molecule has 29 heavy (non-hydrogen) atoms. The predicted molar refractivity (Wildman–Crippen MR) is 113 cm³/mol. The topological polar surface area (TPSA) is 94.8 Å². The number of aryl methyl sites for hydroxylation is 1. The van der Waals surface area contributed by atoms with Crippen LogP contribution in [-0.2, 0) is 23.1 Å². The summed E-state index contributed by atoms with van der Waals surface area (Å²) in [6.45, 7) is 7.03. The number of anilines is 1. The fourth-order valence-electron chi connectivity index (χ4n) is 2.39. The van der Waals surface area contributed by atoms with E-state index in [2.05, 4.69) is 25.8 Å². The number of benzene rings is 1. The van der Waals surface area contributed by atoms with Crippen LogP contribution in [0.3, 0.4) is 0 Å². The van der Waals surface area contributed by atoms with E-state index in [9.17, 15) is 0 Å². The first-order valence-corrected chi connectivity index (χ1v) is 9.80. The van der Waals surface area contributed by atoms with Crippen LogP contribution in [0.4, 0.5) is 5.69 Å². The zero-order valence-corrected chi connectivity index (χ0v) is 17.7. The molecule has 0 radical (unpaired) electrons. The van der Waals surface area contributed by atoms with E-state index in [4.69, 9.17) is 14.2 Å². The molecule has 0 spiro atoms. The molecule has 0 amide bonds. The van der Waals surface area contributed by atoms with Gasteiger partial charge < -0.3 is 29.4 Å². The molecule has 160 valence electrons. The number of methoxy groups -OCH3 is 1. The van der Waals surface area contributed by atoms with Crippen molar-refractivity contribution in [2.45, 2.75) is 32.9 Å². The van der Waals surface area contributed by atoms with E-state index in [-0.39, 0.29) is 6.10 Å². The third-order valence-corrected chi connectivity index (χ3v) is 3.86. The van der Waals surface area contributed by atoms with Gasteiger partial charge in [0.05, 0.1) is 19.3 Å². The van der Waals surface area contributed by atoms with Gasteiger partial charge in [0.25, 0.3) is 0 Å². The molecule has 0 aliphatic rings. The molecule has 0 aliphatic carbocycles. The number of hydrogen-bond donors (Lipinski definition) is 2. The fourth-order valence-corrected chi connectivity index (χ4v) is 2.39. The van der Waals surface area contributed by atoms with E-state index in [1.165, 1.54) is 0 Å². The molecule has 2 N–H and O–H groups in total. The van der Waals surface area contributed by atoms with Crippen molar-refractivity contribution in [2.24, 2.45) is 12.0 Å². The summed E-state index contributed by atoms with van der Waals surface area (Å²) in [6, 6.07) is 7.80. The summed E-state index contributed by atoms with van der Waals surface area (Å²) < 4.78 is 18.0. The van der Waals surface area contributed by atoms with E-state index in [1.807, 2.05) is 49.7 Å². The summed E-state index contributed by atoms with van der Waals surface area (Å²) in [7, 11) is 3.56. The van der Waals surface area contributed by atoms with E-state index in [0.717, 1.165) is 30.2 Å². The molecule has 9 nitrogen and oxygen atoms in total. The van der Waals surface area contributed by atoms with Crippen molar-refractivity contribution in [2.75, 3.05) is 38.8 Å². The fraction of sp³-hybridized carbons (Fsp3) is 0.550. The summed E-state index contributed by atoms with van der Waals surface area (Å²) >= 11 is 0. The van der Waals surface area contributed by atoms with E-state index in [1.54, 1.807) is 13.4 Å². The number of nitrogens with zero attached hydrogens (tertiary/aromatic N) is 4. The van der Waals surface area contributed by atoms with Crippen LogP contribution in [0, 0.1) is 0 Å². The number of ether oxygens (including phenoxy) is 3. The lowest BCUT2D eigenvalue weighted by Gasteiger charge is -2.14. The third kappa shape index (κ3) is 8.93. The van der Waals surface area contributed by atoms with Gasteiger partial charge in [-0.1, -0.05) is 0 Å². The summed E-state index contributed by atoms with van der Waals surface area (Å²) in [4.78, 5) is 4.62. The molecule has 1 aromatic heterocycles. The van der Waals surface area contributed by atoms with Crippen molar-refractivity contribution in [3.05, 3.63) is 36.4 Å². The Balaban J connectivity index is 1.91. The predicted octanol–water partition coefficient (Wildman–Crippen LogP) is 2.21. The monoisotopic (exact) mass is 404 g/mol. The maximum Gasteiger partial charge on any atom is 0.196 e. The molecule has 0 aliphatic heterocycles.